The van der Waals surface area contributed by atoms with Crippen molar-refractivity contribution >= 4 is 35.1 Å². The van der Waals surface area contributed by atoms with Crippen LogP contribution >= 0.6 is 0 Å². The van der Waals surface area contributed by atoms with Crippen molar-refractivity contribution in [3.05, 3.63) is 103 Å². The van der Waals surface area contributed by atoms with Crippen molar-refractivity contribution in [3.63, 3.8) is 0 Å². The smallest absolute Gasteiger partial charge is 0.327 e. The Morgan fingerprint density at radius 2 is 1.28 bits per heavy atom. The average Bonchev–Trinajstić information content (AvgIpc) is 2.91. The Morgan fingerprint density at radius 3 is 1.75 bits per heavy atom. The maximum absolute atomic E-state index is 13.4. The van der Waals surface area contributed by atoms with Crippen LogP contribution in [0.3, 0.4) is 0 Å². The number of nitrogens with zero attached hydrogens (tertiary/aromatic N) is 3. The maximum Gasteiger partial charge on any atom is 0.327 e. The molecule has 1 atom stereocenters. The first kappa shape index (κ1) is 26.0. The summed E-state index contributed by atoms with van der Waals surface area (Å²) in [6, 6.07) is 26.6. The first-order chi connectivity index (χ1) is 17.4. The van der Waals surface area contributed by atoms with Gasteiger partial charge in [0.1, 0.15) is 0 Å². The minimum absolute atomic E-state index is 0.115. The largest absolute Gasteiger partial charge is 0.478 e. The van der Waals surface area contributed by atoms with Crippen LogP contribution < -0.4 is 15.1 Å². The summed E-state index contributed by atoms with van der Waals surface area (Å²) in [7, 11) is 3.31. The van der Waals surface area contributed by atoms with Crippen LogP contribution in [0, 0.1) is 0 Å². The molecule has 0 fully saturated rings. The van der Waals surface area contributed by atoms with E-state index in [9.17, 15) is 14.4 Å². The van der Waals surface area contributed by atoms with E-state index in [1.807, 2.05) is 91.0 Å². The van der Waals surface area contributed by atoms with Crippen molar-refractivity contribution in [2.75, 3.05) is 30.4 Å². The van der Waals surface area contributed by atoms with Gasteiger partial charge in [0.25, 0.3) is 0 Å². The molecule has 0 aliphatic carbocycles. The number of carboxylic acid groups (broad SMARTS) is 1. The summed E-state index contributed by atoms with van der Waals surface area (Å²) in [4.78, 5) is 42.1. The fraction of sp³-hybridized carbons (Fsp3) is 0.179. The van der Waals surface area contributed by atoms with Gasteiger partial charge < -0.3 is 15.3 Å². The lowest BCUT2D eigenvalue weighted by molar-refractivity contribution is -0.131. The molecule has 0 aliphatic heterocycles. The second-order valence-electron chi connectivity index (χ2n) is 8.11. The number of para-hydroxylation sites is 3. The third-order valence-corrected chi connectivity index (χ3v) is 5.67. The molecule has 0 aliphatic rings. The van der Waals surface area contributed by atoms with Gasteiger partial charge in [-0.05, 0) is 42.8 Å². The number of carbonyl (C=O) groups excluding carboxylic acids is 2. The second-order valence-corrected chi connectivity index (χ2v) is 8.11. The van der Waals surface area contributed by atoms with Crippen LogP contribution in [0.25, 0.3) is 0 Å². The van der Waals surface area contributed by atoms with E-state index in [1.54, 1.807) is 19.0 Å². The molecule has 4 amide bonds. The van der Waals surface area contributed by atoms with Crippen molar-refractivity contribution < 1.29 is 19.5 Å². The second kappa shape index (κ2) is 12.8. The quantitative estimate of drug-likeness (QED) is 0.411. The van der Waals surface area contributed by atoms with Crippen LogP contribution in [0.4, 0.5) is 26.7 Å². The van der Waals surface area contributed by atoms with Crippen molar-refractivity contribution in [2.24, 2.45) is 0 Å². The van der Waals surface area contributed by atoms with Crippen LogP contribution in [0.2, 0.25) is 0 Å². The summed E-state index contributed by atoms with van der Waals surface area (Å²) >= 11 is 0. The van der Waals surface area contributed by atoms with E-state index >= 15 is 0 Å². The van der Waals surface area contributed by atoms with Gasteiger partial charge in [-0.3, -0.25) is 9.80 Å². The molecule has 36 heavy (non-hydrogen) atoms. The summed E-state index contributed by atoms with van der Waals surface area (Å²) < 4.78 is 0. The van der Waals surface area contributed by atoms with Gasteiger partial charge in [-0.1, -0.05) is 60.7 Å². The number of anilines is 3. The number of likely N-dealkylation sites (N-methyl/N-ethyl adjacent to an activating group) is 1. The zero-order valence-corrected chi connectivity index (χ0v) is 20.3. The molecule has 8 heteroatoms. The van der Waals surface area contributed by atoms with Gasteiger partial charge in [0.15, 0.2) is 0 Å². The number of urea groups is 2. The van der Waals surface area contributed by atoms with Gasteiger partial charge in [0, 0.05) is 32.4 Å². The minimum atomic E-state index is -1.08. The van der Waals surface area contributed by atoms with Crippen LogP contribution in [-0.2, 0) is 4.79 Å². The highest BCUT2D eigenvalue weighted by Crippen LogP contribution is 2.25. The van der Waals surface area contributed by atoms with E-state index in [2.05, 4.69) is 5.32 Å². The predicted octanol–water partition coefficient (Wildman–Crippen LogP) is 5.12. The Labute approximate surface area is 211 Å². The zero-order chi connectivity index (χ0) is 25.9. The Morgan fingerprint density at radius 1 is 0.806 bits per heavy atom. The highest BCUT2D eigenvalue weighted by atomic mass is 16.4. The molecule has 186 valence electrons. The van der Waals surface area contributed by atoms with Gasteiger partial charge in [0.2, 0.25) is 0 Å². The summed E-state index contributed by atoms with van der Waals surface area (Å²) in [5, 5.41) is 11.9. The standard InChI is InChI=1S/C28H30N4O4/c1-30(22-13-6-3-7-14-22)28(36)31(2)25(19-12-20-26(33)34)21-29-27(35)32(23-15-8-4-9-16-23)24-17-10-5-11-18-24/h3-18,20,25H,19,21H2,1-2H3,(H,29,35)(H,33,34)/b20-12+/t25-/m0/s1. The number of aliphatic carboxylic acids is 1. The molecule has 0 bridgehead atoms. The number of benzene rings is 3. The van der Waals surface area contributed by atoms with Crippen molar-refractivity contribution in [1.82, 2.24) is 10.2 Å². The van der Waals surface area contributed by atoms with Crippen molar-refractivity contribution in [2.45, 2.75) is 12.5 Å². The monoisotopic (exact) mass is 486 g/mol. The Balaban J connectivity index is 1.79. The lowest BCUT2D eigenvalue weighted by atomic mass is 10.1. The van der Waals surface area contributed by atoms with E-state index in [0.717, 1.165) is 11.8 Å². The molecule has 3 rings (SSSR count). The Kier molecular flexibility index (Phi) is 9.22. The van der Waals surface area contributed by atoms with Crippen molar-refractivity contribution in [3.8, 4) is 0 Å². The topological polar surface area (TPSA) is 93.2 Å². The lowest BCUT2D eigenvalue weighted by Gasteiger charge is -2.32. The van der Waals surface area contributed by atoms with Gasteiger partial charge in [-0.15, -0.1) is 0 Å². The number of carboxylic acids is 1. The first-order valence-electron chi connectivity index (χ1n) is 11.5. The summed E-state index contributed by atoms with van der Waals surface area (Å²) in [6.07, 6.45) is 2.76. The number of hydrogen-bond acceptors (Lipinski definition) is 3. The number of carbonyl (C=O) groups is 3. The molecule has 2 N–H and O–H groups in total. The molecule has 0 radical (unpaired) electrons. The Bertz CT molecular complexity index is 1130. The van der Waals surface area contributed by atoms with E-state index in [0.29, 0.717) is 11.4 Å². The van der Waals surface area contributed by atoms with Crippen LogP contribution in [0.5, 0.6) is 0 Å². The van der Waals surface area contributed by atoms with Gasteiger partial charge in [-0.25, -0.2) is 14.4 Å². The van der Waals surface area contributed by atoms with Crippen LogP contribution in [0.15, 0.2) is 103 Å². The lowest BCUT2D eigenvalue weighted by Crippen LogP contribution is -2.50. The molecule has 3 aromatic carbocycles. The minimum Gasteiger partial charge on any atom is -0.478 e. The molecular formula is C28H30N4O4. The third-order valence-electron chi connectivity index (χ3n) is 5.67. The fourth-order valence-corrected chi connectivity index (χ4v) is 3.68. The number of nitrogens with one attached hydrogen (secondary N) is 1. The van der Waals surface area contributed by atoms with Gasteiger partial charge in [0.05, 0.1) is 17.4 Å². The molecule has 0 unspecified atom stereocenters. The summed E-state index contributed by atoms with van der Waals surface area (Å²) in [6.45, 7) is 0.115. The van der Waals surface area contributed by atoms with E-state index in [4.69, 9.17) is 5.11 Å². The van der Waals surface area contributed by atoms with Gasteiger partial charge >= 0.3 is 18.0 Å². The molecule has 3 aromatic rings. The number of hydrogen-bond donors (Lipinski definition) is 2. The number of rotatable bonds is 9. The molecule has 0 heterocycles. The summed E-state index contributed by atoms with van der Waals surface area (Å²) in [5.41, 5.74) is 2.10. The maximum atomic E-state index is 13.4. The summed E-state index contributed by atoms with van der Waals surface area (Å²) in [5.74, 6) is -1.08. The molecular weight excluding hydrogens is 456 g/mol. The van der Waals surface area contributed by atoms with Crippen molar-refractivity contribution in [1.29, 1.82) is 0 Å². The normalized spacial score (nSPS) is 11.5. The van der Waals surface area contributed by atoms with E-state index in [-0.39, 0.29) is 25.0 Å². The van der Waals surface area contributed by atoms with Gasteiger partial charge in [-0.2, -0.15) is 0 Å². The molecule has 0 saturated heterocycles. The molecule has 8 nitrogen and oxygen atoms in total. The average molecular weight is 487 g/mol. The zero-order valence-electron chi connectivity index (χ0n) is 20.3. The first-order valence-corrected chi connectivity index (χ1v) is 11.5. The van der Waals surface area contributed by atoms with Crippen LogP contribution in [0.1, 0.15) is 6.42 Å². The highest BCUT2D eigenvalue weighted by Gasteiger charge is 2.25. The fourth-order valence-electron chi connectivity index (χ4n) is 3.68. The molecule has 0 spiro atoms. The predicted molar refractivity (Wildman–Crippen MR) is 142 cm³/mol. The van der Waals surface area contributed by atoms with E-state index < -0.39 is 12.0 Å². The van der Waals surface area contributed by atoms with Crippen LogP contribution in [-0.4, -0.2) is 54.7 Å². The van der Waals surface area contributed by atoms with E-state index in [1.165, 1.54) is 15.9 Å². The SMILES string of the molecule is CN(C(=O)N(C)[C@@H](C/C=C/C(=O)O)CNC(=O)N(c1ccccc1)c1ccccc1)c1ccccc1. The number of amides is 4. The highest BCUT2D eigenvalue weighted by molar-refractivity contribution is 5.99. The Hall–Kier alpha value is -4.59. The molecule has 0 aromatic heterocycles. The third kappa shape index (κ3) is 6.96. The molecule has 0 saturated carbocycles.